The van der Waals surface area contributed by atoms with Gasteiger partial charge in [0.2, 0.25) is 5.91 Å². The number of benzene rings is 3. The Labute approximate surface area is 284 Å². The Kier molecular flexibility index (Phi) is 12.8. The van der Waals surface area contributed by atoms with Gasteiger partial charge in [0.1, 0.15) is 6.04 Å². The highest BCUT2D eigenvalue weighted by Crippen LogP contribution is 2.22. The number of unbranched alkanes of at least 4 members (excludes halogenated alkanes) is 1. The zero-order chi connectivity index (χ0) is 34.5. The van der Waals surface area contributed by atoms with Gasteiger partial charge in [-0.3, -0.25) is 19.9 Å². The Bertz CT molecular complexity index is 1730. The number of guanidine groups is 1. The Morgan fingerprint density at radius 1 is 0.833 bits per heavy atom. The summed E-state index contributed by atoms with van der Waals surface area (Å²) in [6, 6.07) is 25.3. The predicted molar refractivity (Wildman–Crippen MR) is 187 cm³/mol. The topological polar surface area (TPSA) is 201 Å². The third-order valence-electron chi connectivity index (χ3n) is 7.50. The molecule has 0 radical (unpaired) electrons. The van der Waals surface area contributed by atoms with E-state index in [0.29, 0.717) is 19.4 Å². The molecule has 48 heavy (non-hydrogen) atoms. The zero-order valence-electron chi connectivity index (χ0n) is 26.6. The first-order valence-electron chi connectivity index (χ1n) is 15.4. The van der Waals surface area contributed by atoms with Gasteiger partial charge in [0.15, 0.2) is 28.4 Å². The van der Waals surface area contributed by atoms with Crippen molar-refractivity contribution in [2.75, 3.05) is 25.1 Å². The number of carbonyl (C=O) groups is 3. The van der Waals surface area contributed by atoms with Crippen LogP contribution in [0, 0.1) is 0 Å². The van der Waals surface area contributed by atoms with Crippen molar-refractivity contribution in [2.45, 2.75) is 44.6 Å². The van der Waals surface area contributed by atoms with Crippen LogP contribution in [0.15, 0.2) is 83.9 Å². The summed E-state index contributed by atoms with van der Waals surface area (Å²) in [5, 5.41) is 5.11. The summed E-state index contributed by atoms with van der Waals surface area (Å²) in [5.74, 6) is -1.63. The molecule has 0 aliphatic rings. The van der Waals surface area contributed by atoms with Crippen molar-refractivity contribution in [3.8, 4) is 11.1 Å². The second-order valence-corrected chi connectivity index (χ2v) is 11.4. The van der Waals surface area contributed by atoms with Crippen LogP contribution in [0.25, 0.3) is 11.1 Å². The van der Waals surface area contributed by atoms with Gasteiger partial charge in [-0.05, 0) is 53.5 Å². The van der Waals surface area contributed by atoms with Crippen LogP contribution in [0.3, 0.4) is 0 Å². The number of aryl methyl sites for hydroxylation is 2. The molecular weight excluding hydrogens is 632 g/mol. The predicted octanol–water partition coefficient (Wildman–Crippen LogP) is 3.86. The van der Waals surface area contributed by atoms with Crippen molar-refractivity contribution in [1.82, 2.24) is 20.6 Å². The molecule has 0 fully saturated rings. The van der Waals surface area contributed by atoms with Crippen molar-refractivity contribution in [1.29, 1.82) is 0 Å². The number of aromatic nitrogens is 2. The van der Waals surface area contributed by atoms with Crippen LogP contribution in [-0.4, -0.2) is 53.4 Å². The smallest absolute Gasteiger partial charge is 0.328 e. The zero-order valence-corrected chi connectivity index (χ0v) is 27.4. The summed E-state index contributed by atoms with van der Waals surface area (Å²) in [6.07, 6.45) is 3.68. The Morgan fingerprint density at radius 3 is 2.08 bits per heavy atom. The van der Waals surface area contributed by atoms with Crippen LogP contribution < -0.4 is 27.8 Å². The van der Waals surface area contributed by atoms with E-state index in [0.717, 1.165) is 41.5 Å². The molecule has 0 aliphatic heterocycles. The van der Waals surface area contributed by atoms with Gasteiger partial charge in [-0.1, -0.05) is 90.5 Å². The number of aliphatic imine (C=N–C) groups is 1. The number of amides is 2. The first-order chi connectivity index (χ1) is 23.1. The molecule has 13 heteroatoms. The third-order valence-corrected chi connectivity index (χ3v) is 7.78. The molecule has 1 heterocycles. The van der Waals surface area contributed by atoms with Crippen molar-refractivity contribution >= 4 is 47.0 Å². The van der Waals surface area contributed by atoms with Gasteiger partial charge in [0.25, 0.3) is 5.91 Å². The van der Waals surface area contributed by atoms with E-state index >= 15 is 0 Å². The van der Waals surface area contributed by atoms with Gasteiger partial charge in [-0.15, -0.1) is 0 Å². The van der Waals surface area contributed by atoms with E-state index in [-0.39, 0.29) is 40.8 Å². The molecular formula is C35H39ClN8O4. The van der Waals surface area contributed by atoms with Gasteiger partial charge in [0.05, 0.1) is 7.11 Å². The number of esters is 1. The van der Waals surface area contributed by atoms with E-state index in [1.54, 1.807) is 0 Å². The summed E-state index contributed by atoms with van der Waals surface area (Å²) in [7, 11) is 1.32. The Hall–Kier alpha value is -5.49. The Morgan fingerprint density at radius 2 is 1.46 bits per heavy atom. The van der Waals surface area contributed by atoms with Crippen LogP contribution in [0.2, 0.25) is 5.15 Å². The van der Waals surface area contributed by atoms with Gasteiger partial charge < -0.3 is 27.3 Å². The maximum Gasteiger partial charge on any atom is 0.328 e. The van der Waals surface area contributed by atoms with E-state index in [9.17, 15) is 14.4 Å². The molecule has 0 bridgehead atoms. The number of carbonyl (C=O) groups excluding carboxylic acids is 3. The highest BCUT2D eigenvalue weighted by molar-refractivity contribution is 6.31. The number of rotatable bonds is 14. The molecule has 0 saturated carbocycles. The minimum Gasteiger partial charge on any atom is -0.467 e. The molecule has 12 nitrogen and oxygen atoms in total. The summed E-state index contributed by atoms with van der Waals surface area (Å²) in [6.45, 7) is 0.432. The molecule has 0 spiro atoms. The summed E-state index contributed by atoms with van der Waals surface area (Å²) in [5.41, 5.74) is 22.2. The van der Waals surface area contributed by atoms with E-state index in [4.69, 9.17) is 33.5 Å². The standard InChI is InChI=1S/C35H39ClN8O4/c1-48-34(47)27(21-24-8-3-2-4-9-24)41-28(45)19-14-23-12-17-26(18-13-23)25-15-10-22(11-16-25)7-5-6-20-40-35(39)44-33(46)29-31(37)43-32(38)30(36)42-29/h2-4,8-13,15-18,27H,5-7,14,19-21H2,1H3,(H,41,45)(H4,37,38,43)(H3,39,40,44,46)/t27-/m0/s1. The van der Waals surface area contributed by atoms with Gasteiger partial charge in [-0.25, -0.2) is 14.8 Å². The average Bonchev–Trinajstić information content (AvgIpc) is 3.09. The monoisotopic (exact) mass is 670 g/mol. The van der Waals surface area contributed by atoms with E-state index in [2.05, 4.69) is 49.9 Å². The van der Waals surface area contributed by atoms with E-state index in [1.165, 1.54) is 12.7 Å². The number of ether oxygens (including phenoxy) is 1. The number of hydrogen-bond acceptors (Lipinski definition) is 9. The number of anilines is 2. The van der Waals surface area contributed by atoms with Crippen LogP contribution in [0.4, 0.5) is 11.6 Å². The largest absolute Gasteiger partial charge is 0.467 e. The number of nitrogen functional groups attached to an aromatic ring is 2. The minimum atomic E-state index is -0.735. The van der Waals surface area contributed by atoms with Crippen LogP contribution in [-0.2, 0) is 33.6 Å². The fraction of sp³-hybridized carbons (Fsp3) is 0.257. The van der Waals surface area contributed by atoms with Crippen LogP contribution >= 0.6 is 11.6 Å². The fourth-order valence-corrected chi connectivity index (χ4v) is 5.03. The lowest BCUT2D eigenvalue weighted by atomic mass is 9.99. The van der Waals surface area contributed by atoms with Crippen LogP contribution in [0.1, 0.15) is 46.4 Å². The van der Waals surface area contributed by atoms with Gasteiger partial charge in [-0.2, -0.15) is 0 Å². The van der Waals surface area contributed by atoms with Gasteiger partial charge >= 0.3 is 5.97 Å². The average molecular weight is 671 g/mol. The third kappa shape index (κ3) is 10.5. The van der Waals surface area contributed by atoms with E-state index < -0.39 is 17.9 Å². The summed E-state index contributed by atoms with van der Waals surface area (Å²) >= 11 is 5.82. The number of halogens is 1. The second-order valence-electron chi connectivity index (χ2n) is 11.0. The number of nitrogens with zero attached hydrogens (tertiary/aromatic N) is 3. The lowest BCUT2D eigenvalue weighted by Crippen LogP contribution is -2.43. The fourth-order valence-electron chi connectivity index (χ4n) is 4.90. The molecule has 0 saturated heterocycles. The highest BCUT2D eigenvalue weighted by atomic mass is 35.5. The van der Waals surface area contributed by atoms with Crippen molar-refractivity contribution in [3.63, 3.8) is 0 Å². The highest BCUT2D eigenvalue weighted by Gasteiger charge is 2.22. The van der Waals surface area contributed by atoms with Crippen molar-refractivity contribution in [2.24, 2.45) is 10.7 Å². The molecule has 0 aliphatic carbocycles. The number of nitrogens with two attached hydrogens (primary N) is 3. The lowest BCUT2D eigenvalue weighted by molar-refractivity contribution is -0.145. The molecule has 1 aromatic heterocycles. The molecule has 4 rings (SSSR count). The molecule has 0 unspecified atom stereocenters. The van der Waals surface area contributed by atoms with E-state index in [1.807, 2.05) is 54.6 Å². The minimum absolute atomic E-state index is 0.0566. The van der Waals surface area contributed by atoms with Crippen molar-refractivity contribution in [3.05, 3.63) is 106 Å². The summed E-state index contributed by atoms with van der Waals surface area (Å²) in [4.78, 5) is 49.0. The molecule has 8 N–H and O–H groups in total. The molecule has 3 aromatic carbocycles. The van der Waals surface area contributed by atoms with Gasteiger partial charge in [0, 0.05) is 19.4 Å². The van der Waals surface area contributed by atoms with Crippen LogP contribution in [0.5, 0.6) is 0 Å². The lowest BCUT2D eigenvalue weighted by Gasteiger charge is -2.16. The maximum atomic E-state index is 12.7. The van der Waals surface area contributed by atoms with Crippen molar-refractivity contribution < 1.29 is 19.1 Å². The molecule has 250 valence electrons. The number of methoxy groups -OCH3 is 1. The first-order valence-corrected chi connectivity index (χ1v) is 15.8. The summed E-state index contributed by atoms with van der Waals surface area (Å²) < 4.78 is 4.89. The molecule has 4 aromatic rings. The normalized spacial score (nSPS) is 11.8. The quantitative estimate of drug-likeness (QED) is 0.0572. The molecule has 1 atom stereocenters. The first kappa shape index (κ1) is 35.4. The Balaban J connectivity index is 1.18. The number of hydrogen-bond donors (Lipinski definition) is 5. The number of nitrogens with one attached hydrogen (secondary N) is 2. The SMILES string of the molecule is COC(=O)[C@H](Cc1ccccc1)NC(=O)CCc1ccc(-c2ccc(CCCCN=C(N)NC(=O)c3nc(Cl)c(N)nc3N)cc2)cc1. The second kappa shape index (κ2) is 17.4. The maximum absolute atomic E-state index is 12.7. The molecule has 2 amide bonds.